The molecule has 1 N–H and O–H groups in total. The van der Waals surface area contributed by atoms with Gasteiger partial charge in [0.2, 0.25) is 0 Å². The van der Waals surface area contributed by atoms with Crippen molar-refractivity contribution in [3.05, 3.63) is 72.3 Å². The summed E-state index contributed by atoms with van der Waals surface area (Å²) in [6.45, 7) is 6.16. The molecule has 1 saturated heterocycles. The summed E-state index contributed by atoms with van der Waals surface area (Å²) < 4.78 is 6.95. The van der Waals surface area contributed by atoms with Crippen LogP contribution in [0.1, 0.15) is 43.9 Å². The minimum absolute atomic E-state index is 0.183. The van der Waals surface area contributed by atoms with Gasteiger partial charge in [-0.3, -0.25) is 0 Å². The van der Waals surface area contributed by atoms with E-state index in [0.717, 1.165) is 29.8 Å². The fourth-order valence-electron chi connectivity index (χ4n) is 4.15. The van der Waals surface area contributed by atoms with Gasteiger partial charge in [0.15, 0.2) is 0 Å². The molecule has 2 aromatic carbocycles. The summed E-state index contributed by atoms with van der Waals surface area (Å²) in [6, 6.07) is 16.9. The Hall–Kier alpha value is -3.35. The van der Waals surface area contributed by atoms with Crippen LogP contribution in [0.15, 0.2) is 61.2 Å². The number of anilines is 2. The fourth-order valence-corrected chi connectivity index (χ4v) is 4.15. The maximum Gasteiger partial charge on any atom is 0.410 e. The van der Waals surface area contributed by atoms with Crippen molar-refractivity contribution in [2.45, 2.75) is 39.3 Å². The highest BCUT2D eigenvalue weighted by molar-refractivity contribution is 5.69. The molecule has 1 atom stereocenters. The van der Waals surface area contributed by atoms with Crippen LogP contribution in [0.2, 0.25) is 0 Å². The molecule has 0 bridgehead atoms. The molecule has 0 spiro atoms. The van der Waals surface area contributed by atoms with E-state index in [-0.39, 0.29) is 12.1 Å². The van der Waals surface area contributed by atoms with Crippen molar-refractivity contribution in [1.29, 1.82) is 0 Å². The van der Waals surface area contributed by atoms with Crippen molar-refractivity contribution in [3.8, 4) is 0 Å². The number of cyclic esters (lactones) is 1. The van der Waals surface area contributed by atoms with Gasteiger partial charge in [-0.15, -0.1) is 0 Å². The van der Waals surface area contributed by atoms with Gasteiger partial charge >= 0.3 is 6.09 Å². The van der Waals surface area contributed by atoms with Gasteiger partial charge < -0.3 is 15.0 Å². The van der Waals surface area contributed by atoms with Crippen LogP contribution in [-0.4, -0.2) is 38.9 Å². The average molecular weight is 420 g/mol. The molecule has 1 aromatic heterocycles. The Morgan fingerprint density at radius 3 is 2.26 bits per heavy atom. The first-order valence-corrected chi connectivity index (χ1v) is 10.9. The number of rotatable bonds is 9. The summed E-state index contributed by atoms with van der Waals surface area (Å²) in [6.07, 6.45) is 5.34. The standard InChI is InChI=1S/C24H29N5O2/c1-3-19(4-2)23(29-17-25-16-26-29)20-7-11-22(12-8-20)27-21-9-5-18(6-10-21)15-28-13-14-31-24(28)30/h5-12,16-17,19,23,27H,3-4,13-15H2,1-2H3. The van der Waals surface area contributed by atoms with E-state index >= 15 is 0 Å². The first-order valence-electron chi connectivity index (χ1n) is 10.9. The third kappa shape index (κ3) is 4.87. The van der Waals surface area contributed by atoms with Gasteiger partial charge in [0.25, 0.3) is 0 Å². The molecule has 0 radical (unpaired) electrons. The molecule has 1 aliphatic heterocycles. The van der Waals surface area contributed by atoms with E-state index in [0.29, 0.717) is 25.6 Å². The smallest absolute Gasteiger partial charge is 0.410 e. The van der Waals surface area contributed by atoms with Gasteiger partial charge in [-0.25, -0.2) is 14.5 Å². The molecule has 1 fully saturated rings. The zero-order valence-corrected chi connectivity index (χ0v) is 18.1. The first-order chi connectivity index (χ1) is 15.2. The van der Waals surface area contributed by atoms with E-state index < -0.39 is 0 Å². The van der Waals surface area contributed by atoms with E-state index in [1.54, 1.807) is 17.6 Å². The van der Waals surface area contributed by atoms with Crippen molar-refractivity contribution < 1.29 is 9.53 Å². The molecular formula is C24H29N5O2. The molecule has 7 nitrogen and oxygen atoms in total. The number of nitrogens with one attached hydrogen (secondary N) is 1. The molecular weight excluding hydrogens is 390 g/mol. The summed E-state index contributed by atoms with van der Waals surface area (Å²) >= 11 is 0. The van der Waals surface area contributed by atoms with Crippen LogP contribution in [0, 0.1) is 5.92 Å². The van der Waals surface area contributed by atoms with E-state index in [1.807, 2.05) is 28.9 Å². The van der Waals surface area contributed by atoms with Gasteiger partial charge in [-0.05, 0) is 41.3 Å². The number of carbonyl (C=O) groups is 1. The lowest BCUT2D eigenvalue weighted by Gasteiger charge is -2.26. The first kappa shape index (κ1) is 20.9. The number of hydrogen-bond acceptors (Lipinski definition) is 5. The summed E-state index contributed by atoms with van der Waals surface area (Å²) in [5.74, 6) is 0.501. The molecule has 31 heavy (non-hydrogen) atoms. The van der Waals surface area contributed by atoms with Crippen LogP contribution < -0.4 is 5.32 Å². The minimum Gasteiger partial charge on any atom is -0.448 e. The zero-order valence-electron chi connectivity index (χ0n) is 18.1. The van der Waals surface area contributed by atoms with Crippen molar-refractivity contribution in [3.63, 3.8) is 0 Å². The molecule has 3 aromatic rings. The quantitative estimate of drug-likeness (QED) is 0.528. The number of benzene rings is 2. The molecule has 162 valence electrons. The third-order valence-electron chi connectivity index (χ3n) is 5.93. The molecule has 0 aliphatic carbocycles. The lowest BCUT2D eigenvalue weighted by Crippen LogP contribution is -2.23. The Morgan fingerprint density at radius 1 is 1.03 bits per heavy atom. The van der Waals surface area contributed by atoms with Gasteiger partial charge in [0.05, 0.1) is 12.6 Å². The molecule has 1 unspecified atom stereocenters. The van der Waals surface area contributed by atoms with Gasteiger partial charge in [-0.2, -0.15) is 5.10 Å². The van der Waals surface area contributed by atoms with Crippen molar-refractivity contribution in [2.24, 2.45) is 5.92 Å². The lowest BCUT2D eigenvalue weighted by atomic mass is 9.89. The number of carbonyl (C=O) groups excluding carboxylic acids is 1. The van der Waals surface area contributed by atoms with Crippen molar-refractivity contribution in [1.82, 2.24) is 19.7 Å². The Kier molecular flexibility index (Phi) is 6.50. The highest BCUT2D eigenvalue weighted by atomic mass is 16.6. The summed E-state index contributed by atoms with van der Waals surface area (Å²) in [5, 5.41) is 7.86. The van der Waals surface area contributed by atoms with Crippen LogP contribution >= 0.6 is 0 Å². The van der Waals surface area contributed by atoms with E-state index in [1.165, 1.54) is 5.56 Å². The van der Waals surface area contributed by atoms with Gasteiger partial charge in [0, 0.05) is 17.9 Å². The third-order valence-corrected chi connectivity index (χ3v) is 5.93. The summed E-state index contributed by atoms with van der Waals surface area (Å²) in [4.78, 5) is 17.5. The largest absolute Gasteiger partial charge is 0.448 e. The van der Waals surface area contributed by atoms with Crippen LogP contribution in [0.3, 0.4) is 0 Å². The van der Waals surface area contributed by atoms with Crippen LogP contribution in [0.25, 0.3) is 0 Å². The SMILES string of the molecule is CCC(CC)C(c1ccc(Nc2ccc(CN3CCOC3=O)cc2)cc1)n1cncn1. The monoisotopic (exact) mass is 419 g/mol. The number of nitrogens with zero attached hydrogens (tertiary/aromatic N) is 4. The Labute approximate surface area is 183 Å². The van der Waals surface area contributed by atoms with Gasteiger partial charge in [-0.1, -0.05) is 51.0 Å². The van der Waals surface area contributed by atoms with E-state index in [2.05, 4.69) is 53.5 Å². The Bertz CT molecular complexity index is 966. The van der Waals surface area contributed by atoms with Crippen molar-refractivity contribution >= 4 is 17.5 Å². The maximum atomic E-state index is 11.6. The predicted octanol–water partition coefficient (Wildman–Crippen LogP) is 5.00. The Balaban J connectivity index is 1.43. The Morgan fingerprint density at radius 2 is 1.71 bits per heavy atom. The van der Waals surface area contributed by atoms with Crippen LogP contribution in [-0.2, 0) is 11.3 Å². The van der Waals surface area contributed by atoms with Gasteiger partial charge in [0.1, 0.15) is 19.3 Å². The predicted molar refractivity (Wildman–Crippen MR) is 120 cm³/mol. The molecule has 2 heterocycles. The summed E-state index contributed by atoms with van der Waals surface area (Å²) in [7, 11) is 0. The zero-order chi connectivity index (χ0) is 21.6. The molecule has 1 amide bonds. The average Bonchev–Trinajstić information content (AvgIpc) is 3.46. The van der Waals surface area contributed by atoms with E-state index in [4.69, 9.17) is 4.74 Å². The maximum absolute atomic E-state index is 11.6. The minimum atomic E-state index is -0.236. The fraction of sp³-hybridized carbons (Fsp3) is 0.375. The highest BCUT2D eigenvalue weighted by Crippen LogP contribution is 2.31. The molecule has 0 saturated carbocycles. The second-order valence-corrected chi connectivity index (χ2v) is 7.88. The highest BCUT2D eigenvalue weighted by Gasteiger charge is 2.23. The second-order valence-electron chi connectivity index (χ2n) is 7.88. The van der Waals surface area contributed by atoms with Crippen LogP contribution in [0.5, 0.6) is 0 Å². The lowest BCUT2D eigenvalue weighted by molar-refractivity contribution is 0.157. The number of ether oxygens (including phenoxy) is 1. The summed E-state index contributed by atoms with van der Waals surface area (Å²) in [5.41, 5.74) is 4.35. The van der Waals surface area contributed by atoms with Crippen LogP contribution in [0.4, 0.5) is 16.2 Å². The second kappa shape index (κ2) is 9.64. The number of aromatic nitrogens is 3. The molecule has 7 heteroatoms. The van der Waals surface area contributed by atoms with E-state index in [9.17, 15) is 4.79 Å². The topological polar surface area (TPSA) is 72.3 Å². The molecule has 4 rings (SSSR count). The normalized spacial score (nSPS) is 14.7. The number of hydrogen-bond donors (Lipinski definition) is 1. The van der Waals surface area contributed by atoms with Crippen molar-refractivity contribution in [2.75, 3.05) is 18.5 Å². The molecule has 1 aliphatic rings. The number of amides is 1.